The van der Waals surface area contributed by atoms with Crippen LogP contribution in [0.4, 0.5) is 0 Å². The van der Waals surface area contributed by atoms with E-state index < -0.39 is 8.24 Å². The van der Waals surface area contributed by atoms with Gasteiger partial charge in [0.05, 0.1) is 0 Å². The molecule has 41 heavy (non-hydrogen) atoms. The van der Waals surface area contributed by atoms with Crippen molar-refractivity contribution in [2.75, 3.05) is 0 Å². The van der Waals surface area contributed by atoms with Crippen molar-refractivity contribution in [2.45, 2.75) is 64.3 Å². The summed E-state index contributed by atoms with van der Waals surface area (Å²) in [5, 5.41) is 2.90. The number of aryl methyl sites for hydroxylation is 1. The van der Waals surface area contributed by atoms with E-state index in [1.807, 2.05) is 0 Å². The molecule has 1 aliphatic heterocycles. The van der Waals surface area contributed by atoms with E-state index in [0.29, 0.717) is 23.4 Å². The average molecular weight is 597 g/mol. The molecule has 2 aliphatic carbocycles. The SMILES string of the molecule is Cc1ccc([Si@@]([N-]C(C)(C)C)(c2ccccc2)C2CC(N3Cc4ccccc4C3)C3C=CC=CC32)cc1.[CH3-].[CH3-].[CH3-].[Ti+4]. The maximum Gasteiger partial charge on any atom is 4.00 e. The molecule has 1 heterocycles. The van der Waals surface area contributed by atoms with Crippen molar-refractivity contribution in [2.24, 2.45) is 11.8 Å². The molecule has 6 rings (SSSR count). The Bertz CT molecular complexity index is 1290. The van der Waals surface area contributed by atoms with Gasteiger partial charge in [-0.2, -0.15) is 0 Å². The van der Waals surface area contributed by atoms with Gasteiger partial charge in [-0.15, -0.1) is 5.54 Å². The van der Waals surface area contributed by atoms with Crippen molar-refractivity contribution in [1.29, 1.82) is 0 Å². The molecule has 0 bridgehead atoms. The van der Waals surface area contributed by atoms with Crippen molar-refractivity contribution in [3.05, 3.63) is 147 Å². The predicted molar refractivity (Wildman–Crippen MR) is 178 cm³/mol. The van der Waals surface area contributed by atoms with Crippen LogP contribution in [0.2, 0.25) is 5.54 Å². The number of benzene rings is 3. The predicted octanol–water partition coefficient (Wildman–Crippen LogP) is 8.09. The van der Waals surface area contributed by atoms with Crippen LogP contribution in [-0.4, -0.2) is 24.7 Å². The third kappa shape index (κ3) is 6.66. The van der Waals surface area contributed by atoms with Crippen molar-refractivity contribution < 1.29 is 21.7 Å². The minimum atomic E-state index is -2.54. The third-order valence-corrected chi connectivity index (χ3v) is 13.9. The smallest absolute Gasteiger partial charge is 0.652 e. The summed E-state index contributed by atoms with van der Waals surface area (Å²) in [6, 6.07) is 30.3. The number of rotatable bonds is 5. The molecule has 3 aliphatic rings. The van der Waals surface area contributed by atoms with E-state index in [1.165, 1.54) is 33.5 Å². The van der Waals surface area contributed by atoms with Crippen LogP contribution in [0.15, 0.2) is 103 Å². The van der Waals surface area contributed by atoms with Crippen molar-refractivity contribution in [3.8, 4) is 0 Å². The molecule has 5 atom stereocenters. The fourth-order valence-electron chi connectivity index (χ4n) is 7.27. The fraction of sp³-hybridized carbons (Fsp3) is 0.324. The van der Waals surface area contributed by atoms with E-state index in [1.54, 1.807) is 0 Å². The molecule has 0 saturated heterocycles. The second-order valence-electron chi connectivity index (χ2n) is 12.3. The van der Waals surface area contributed by atoms with Crippen molar-refractivity contribution in [1.82, 2.24) is 4.90 Å². The number of allylic oxidation sites excluding steroid dienone is 3. The molecule has 1 fully saturated rings. The molecule has 0 amide bonds. The van der Waals surface area contributed by atoms with Gasteiger partial charge in [-0.25, -0.2) is 0 Å². The molecular formula is C37H48N2SiTi. The van der Waals surface area contributed by atoms with Gasteiger partial charge in [0.1, 0.15) is 0 Å². The largest absolute Gasteiger partial charge is 4.00 e. The Kier molecular flexibility index (Phi) is 12.0. The Morgan fingerprint density at radius 1 is 0.707 bits per heavy atom. The first-order valence-electron chi connectivity index (χ1n) is 13.9. The van der Waals surface area contributed by atoms with E-state index >= 15 is 0 Å². The molecule has 0 radical (unpaired) electrons. The van der Waals surface area contributed by atoms with Gasteiger partial charge in [-0.3, -0.25) is 4.90 Å². The number of hydrogen-bond acceptors (Lipinski definition) is 1. The van der Waals surface area contributed by atoms with Gasteiger partial charge in [0.25, 0.3) is 0 Å². The Labute approximate surface area is 267 Å². The first kappa shape index (κ1) is 35.2. The van der Waals surface area contributed by atoms with E-state index in [4.69, 9.17) is 4.98 Å². The minimum Gasteiger partial charge on any atom is -0.652 e. The maximum absolute atomic E-state index is 5.95. The quantitative estimate of drug-likeness (QED) is 0.215. The Balaban J connectivity index is 0.00000147. The standard InChI is InChI=1S/C34H39N2Si.3CH3.Ti/c1-25-18-20-29(21-19-25)37(35-34(2,3)4,28-14-6-5-7-15-28)33-22-32(30-16-10-11-17-31(30)33)36-23-26-12-8-9-13-27(26)24-36;;;;/h5-21,30-33H,22-24H2,1-4H3;3*1H3;/q4*-1;+4/t30?,31?,32?,33?,37-;;;;/m0..../s1. The molecule has 214 valence electrons. The second-order valence-corrected chi connectivity index (χ2v) is 15.9. The second kappa shape index (κ2) is 14.0. The molecular weight excluding hydrogens is 548 g/mol. The summed E-state index contributed by atoms with van der Waals surface area (Å²) in [5.41, 5.74) is 4.69. The number of fused-ring (bicyclic) bond motifs is 2. The van der Waals surface area contributed by atoms with Crippen LogP contribution >= 0.6 is 0 Å². The normalized spacial score (nSPS) is 24.0. The Morgan fingerprint density at radius 2 is 1.22 bits per heavy atom. The van der Waals surface area contributed by atoms with Gasteiger partial charge in [0, 0.05) is 27.4 Å². The van der Waals surface area contributed by atoms with Crippen LogP contribution in [0, 0.1) is 41.0 Å². The van der Waals surface area contributed by atoms with E-state index in [0.717, 1.165) is 13.1 Å². The van der Waals surface area contributed by atoms with Crippen LogP contribution < -0.4 is 10.4 Å². The van der Waals surface area contributed by atoms with Crippen LogP contribution in [-0.2, 0) is 34.8 Å². The zero-order chi connectivity index (χ0) is 25.6. The molecule has 0 spiro atoms. The summed E-state index contributed by atoms with van der Waals surface area (Å²) in [6.45, 7) is 11.2. The Hall–Kier alpha value is -2.01. The first-order valence-corrected chi connectivity index (χ1v) is 15.9. The molecule has 3 aromatic rings. The first-order chi connectivity index (χ1) is 17.8. The van der Waals surface area contributed by atoms with Crippen LogP contribution in [0.5, 0.6) is 0 Å². The van der Waals surface area contributed by atoms with E-state index in [-0.39, 0.29) is 49.5 Å². The summed E-state index contributed by atoms with van der Waals surface area (Å²) < 4.78 is 0. The number of hydrogen-bond donors (Lipinski definition) is 0. The van der Waals surface area contributed by atoms with Gasteiger partial charge < -0.3 is 27.3 Å². The van der Waals surface area contributed by atoms with Gasteiger partial charge in [0.2, 0.25) is 0 Å². The van der Waals surface area contributed by atoms with Crippen LogP contribution in [0.25, 0.3) is 4.98 Å². The third-order valence-electron chi connectivity index (χ3n) is 8.71. The summed E-state index contributed by atoms with van der Waals surface area (Å²) in [5.74, 6) is 1.03. The topological polar surface area (TPSA) is 17.3 Å². The van der Waals surface area contributed by atoms with Crippen LogP contribution in [0.1, 0.15) is 43.9 Å². The molecule has 1 saturated carbocycles. The molecule has 4 unspecified atom stereocenters. The monoisotopic (exact) mass is 596 g/mol. The molecule has 0 N–H and O–H groups in total. The molecule has 0 aromatic heterocycles. The molecule has 3 aromatic carbocycles. The van der Waals surface area contributed by atoms with Gasteiger partial charge >= 0.3 is 21.7 Å². The maximum atomic E-state index is 5.95. The molecule has 4 heteroatoms. The molecule has 2 nitrogen and oxygen atoms in total. The fourth-order valence-corrected chi connectivity index (χ4v) is 12.8. The summed E-state index contributed by atoms with van der Waals surface area (Å²) >= 11 is 0. The summed E-state index contributed by atoms with van der Waals surface area (Å²) in [7, 11) is -2.54. The zero-order valence-electron chi connectivity index (χ0n) is 26.1. The number of nitrogens with zero attached hydrogens (tertiary/aromatic N) is 2. The van der Waals surface area contributed by atoms with Gasteiger partial charge in [-0.1, -0.05) is 140 Å². The minimum absolute atomic E-state index is 0. The average Bonchev–Trinajstić information content (AvgIpc) is 3.50. The van der Waals surface area contributed by atoms with Crippen molar-refractivity contribution in [3.63, 3.8) is 0 Å². The van der Waals surface area contributed by atoms with Crippen LogP contribution in [0.3, 0.4) is 0 Å². The van der Waals surface area contributed by atoms with Gasteiger partial charge in [-0.05, 0) is 41.8 Å². The summed E-state index contributed by atoms with van der Waals surface area (Å²) in [6.07, 6.45) is 10.8. The van der Waals surface area contributed by atoms with E-state index in [2.05, 4.69) is 136 Å². The zero-order valence-corrected chi connectivity index (χ0v) is 28.7. The Morgan fingerprint density at radius 3 is 1.78 bits per heavy atom. The van der Waals surface area contributed by atoms with Crippen molar-refractivity contribution >= 4 is 18.6 Å². The van der Waals surface area contributed by atoms with Gasteiger partial charge in [0.15, 0.2) is 0 Å². The van der Waals surface area contributed by atoms with E-state index in [9.17, 15) is 0 Å². The summed E-state index contributed by atoms with van der Waals surface area (Å²) in [4.78, 5) is 8.71.